The summed E-state index contributed by atoms with van der Waals surface area (Å²) in [6, 6.07) is 5.76. The number of rotatable bonds is 1. The first kappa shape index (κ1) is 9.06. The Kier molecular flexibility index (Phi) is 2.32. The maximum Gasteiger partial charge on any atom is 0.0846 e. The van der Waals surface area contributed by atoms with Crippen LogP contribution in [0.4, 0.5) is 0 Å². The Bertz CT molecular complexity index is 452. The van der Waals surface area contributed by atoms with Crippen molar-refractivity contribution >= 4 is 38.4 Å². The van der Waals surface area contributed by atoms with Crippen molar-refractivity contribution in [1.29, 1.82) is 0 Å². The molecular formula is C9H7BrClNO. The standard InChI is InChI=1S/C9H7BrClNO/c10-5-1-2-6-7(3-5)12-8(4-13)9(6)11/h1-3,12-13H,4H2. The van der Waals surface area contributed by atoms with Gasteiger partial charge in [0, 0.05) is 15.4 Å². The van der Waals surface area contributed by atoms with E-state index in [0.29, 0.717) is 10.7 Å². The lowest BCUT2D eigenvalue weighted by Crippen LogP contribution is -1.81. The topological polar surface area (TPSA) is 36.0 Å². The third kappa shape index (κ3) is 1.47. The lowest BCUT2D eigenvalue weighted by atomic mass is 10.2. The van der Waals surface area contributed by atoms with Crippen LogP contribution in [0.3, 0.4) is 0 Å². The SMILES string of the molecule is OCc1[nH]c2cc(Br)ccc2c1Cl. The summed E-state index contributed by atoms with van der Waals surface area (Å²) in [7, 11) is 0. The summed E-state index contributed by atoms with van der Waals surface area (Å²) in [5.74, 6) is 0. The minimum absolute atomic E-state index is 0.0644. The van der Waals surface area contributed by atoms with Gasteiger partial charge in [-0.25, -0.2) is 0 Å². The van der Waals surface area contributed by atoms with Crippen molar-refractivity contribution in [2.75, 3.05) is 0 Å². The molecule has 1 heterocycles. The smallest absolute Gasteiger partial charge is 0.0846 e. The van der Waals surface area contributed by atoms with Crippen LogP contribution < -0.4 is 0 Å². The van der Waals surface area contributed by atoms with E-state index in [1.807, 2.05) is 18.2 Å². The van der Waals surface area contributed by atoms with Gasteiger partial charge in [0.1, 0.15) is 0 Å². The van der Waals surface area contributed by atoms with Gasteiger partial charge in [-0.05, 0) is 12.1 Å². The van der Waals surface area contributed by atoms with E-state index in [-0.39, 0.29) is 6.61 Å². The molecule has 4 heteroatoms. The molecule has 0 saturated heterocycles. The van der Waals surface area contributed by atoms with Crippen LogP contribution in [-0.2, 0) is 6.61 Å². The fourth-order valence-corrected chi connectivity index (χ4v) is 1.93. The first-order valence-corrected chi connectivity index (χ1v) is 4.96. The number of fused-ring (bicyclic) bond motifs is 1. The van der Waals surface area contributed by atoms with Gasteiger partial charge in [0.25, 0.3) is 0 Å². The van der Waals surface area contributed by atoms with E-state index < -0.39 is 0 Å². The van der Waals surface area contributed by atoms with Crippen molar-refractivity contribution in [1.82, 2.24) is 4.98 Å². The zero-order valence-electron chi connectivity index (χ0n) is 6.64. The van der Waals surface area contributed by atoms with Gasteiger partial charge in [-0.3, -0.25) is 0 Å². The fourth-order valence-electron chi connectivity index (χ4n) is 1.30. The summed E-state index contributed by atoms with van der Waals surface area (Å²) in [5.41, 5.74) is 1.60. The van der Waals surface area contributed by atoms with Crippen LogP contribution in [0.2, 0.25) is 5.02 Å². The minimum atomic E-state index is -0.0644. The Morgan fingerprint density at radius 3 is 2.92 bits per heavy atom. The quantitative estimate of drug-likeness (QED) is 0.812. The molecule has 0 aliphatic carbocycles. The van der Waals surface area contributed by atoms with Crippen LogP contribution >= 0.6 is 27.5 Å². The highest BCUT2D eigenvalue weighted by molar-refractivity contribution is 9.10. The van der Waals surface area contributed by atoms with E-state index in [9.17, 15) is 0 Å². The molecular weight excluding hydrogens is 253 g/mol. The summed E-state index contributed by atoms with van der Waals surface area (Å²) < 4.78 is 0.988. The van der Waals surface area contributed by atoms with Crippen LogP contribution in [0.1, 0.15) is 5.69 Å². The molecule has 0 bridgehead atoms. The van der Waals surface area contributed by atoms with Crippen LogP contribution in [0.5, 0.6) is 0 Å². The molecule has 0 aliphatic heterocycles. The fraction of sp³-hybridized carbons (Fsp3) is 0.111. The molecule has 1 aromatic heterocycles. The normalized spacial score (nSPS) is 11.0. The molecule has 2 rings (SSSR count). The third-order valence-electron chi connectivity index (χ3n) is 1.93. The van der Waals surface area contributed by atoms with Gasteiger partial charge >= 0.3 is 0 Å². The molecule has 0 unspecified atom stereocenters. The van der Waals surface area contributed by atoms with Crippen molar-refractivity contribution in [2.24, 2.45) is 0 Å². The molecule has 13 heavy (non-hydrogen) atoms. The zero-order valence-corrected chi connectivity index (χ0v) is 8.98. The minimum Gasteiger partial charge on any atom is -0.390 e. The van der Waals surface area contributed by atoms with Crippen LogP contribution in [0.15, 0.2) is 22.7 Å². The Labute approximate surface area is 88.7 Å². The average Bonchev–Trinajstić information content (AvgIpc) is 2.42. The molecule has 68 valence electrons. The van der Waals surface area contributed by atoms with E-state index in [2.05, 4.69) is 20.9 Å². The van der Waals surface area contributed by atoms with Crippen LogP contribution in [0.25, 0.3) is 10.9 Å². The molecule has 1 aromatic carbocycles. The monoisotopic (exact) mass is 259 g/mol. The van der Waals surface area contributed by atoms with Gasteiger partial charge in [-0.2, -0.15) is 0 Å². The number of hydrogen-bond acceptors (Lipinski definition) is 1. The molecule has 0 saturated carbocycles. The highest BCUT2D eigenvalue weighted by atomic mass is 79.9. The number of benzene rings is 1. The van der Waals surface area contributed by atoms with Gasteiger partial charge in [0.05, 0.1) is 17.3 Å². The molecule has 0 radical (unpaired) electrons. The highest BCUT2D eigenvalue weighted by Gasteiger charge is 2.07. The summed E-state index contributed by atoms with van der Waals surface area (Å²) in [6.07, 6.45) is 0. The van der Waals surface area contributed by atoms with Crippen LogP contribution in [-0.4, -0.2) is 10.1 Å². The largest absolute Gasteiger partial charge is 0.390 e. The van der Waals surface area contributed by atoms with Gasteiger partial charge in [-0.15, -0.1) is 0 Å². The maximum atomic E-state index is 8.96. The molecule has 0 spiro atoms. The van der Waals surface area contributed by atoms with Gasteiger partial charge in [0.15, 0.2) is 0 Å². The second kappa shape index (κ2) is 3.33. The number of aromatic amines is 1. The Morgan fingerprint density at radius 2 is 2.23 bits per heavy atom. The number of nitrogens with one attached hydrogen (secondary N) is 1. The summed E-state index contributed by atoms with van der Waals surface area (Å²) in [4.78, 5) is 3.04. The average molecular weight is 261 g/mol. The first-order valence-electron chi connectivity index (χ1n) is 3.79. The molecule has 0 amide bonds. The van der Waals surface area contributed by atoms with Gasteiger partial charge < -0.3 is 10.1 Å². The molecule has 0 fully saturated rings. The zero-order chi connectivity index (χ0) is 9.42. The molecule has 2 N–H and O–H groups in total. The number of aliphatic hydroxyl groups excluding tert-OH is 1. The Morgan fingerprint density at radius 1 is 1.46 bits per heavy atom. The summed E-state index contributed by atoms with van der Waals surface area (Å²) in [6.45, 7) is -0.0644. The lowest BCUT2D eigenvalue weighted by molar-refractivity contribution is 0.278. The van der Waals surface area contributed by atoms with E-state index in [0.717, 1.165) is 15.4 Å². The Balaban J connectivity index is 2.76. The van der Waals surface area contributed by atoms with E-state index >= 15 is 0 Å². The Hall–Kier alpha value is -0.510. The van der Waals surface area contributed by atoms with Crippen LogP contribution in [0, 0.1) is 0 Å². The number of H-pyrrole nitrogens is 1. The van der Waals surface area contributed by atoms with Crippen molar-refractivity contribution in [3.05, 3.63) is 33.4 Å². The molecule has 0 atom stereocenters. The highest BCUT2D eigenvalue weighted by Crippen LogP contribution is 2.29. The van der Waals surface area contributed by atoms with Crippen molar-refractivity contribution in [2.45, 2.75) is 6.61 Å². The molecule has 0 aliphatic rings. The number of halogens is 2. The second-order valence-corrected chi connectivity index (χ2v) is 4.06. The molecule has 2 nitrogen and oxygen atoms in total. The lowest BCUT2D eigenvalue weighted by Gasteiger charge is -1.90. The van der Waals surface area contributed by atoms with Crippen molar-refractivity contribution in [3.8, 4) is 0 Å². The van der Waals surface area contributed by atoms with E-state index in [1.165, 1.54) is 0 Å². The molecule has 2 aromatic rings. The summed E-state index contributed by atoms with van der Waals surface area (Å²) >= 11 is 9.37. The predicted molar refractivity (Wildman–Crippen MR) is 56.9 cm³/mol. The van der Waals surface area contributed by atoms with Crippen molar-refractivity contribution in [3.63, 3.8) is 0 Å². The first-order chi connectivity index (χ1) is 6.22. The predicted octanol–water partition coefficient (Wildman–Crippen LogP) is 3.08. The van der Waals surface area contributed by atoms with Gasteiger partial charge in [-0.1, -0.05) is 33.6 Å². The number of aromatic nitrogens is 1. The maximum absolute atomic E-state index is 8.96. The van der Waals surface area contributed by atoms with E-state index in [4.69, 9.17) is 16.7 Å². The van der Waals surface area contributed by atoms with Gasteiger partial charge in [0.2, 0.25) is 0 Å². The number of hydrogen-bond donors (Lipinski definition) is 2. The van der Waals surface area contributed by atoms with Crippen molar-refractivity contribution < 1.29 is 5.11 Å². The second-order valence-electron chi connectivity index (χ2n) is 2.77. The third-order valence-corrected chi connectivity index (χ3v) is 2.85. The number of aliphatic hydroxyl groups is 1. The van der Waals surface area contributed by atoms with E-state index in [1.54, 1.807) is 0 Å². The summed E-state index contributed by atoms with van der Waals surface area (Å²) in [5, 5.41) is 10.5.